The zero-order chi connectivity index (χ0) is 13.9. The van der Waals surface area contributed by atoms with Crippen LogP contribution in [-0.2, 0) is 12.6 Å². The van der Waals surface area contributed by atoms with Crippen molar-refractivity contribution in [3.63, 3.8) is 0 Å². The summed E-state index contributed by atoms with van der Waals surface area (Å²) in [5.41, 5.74) is 4.12. The molecule has 10 heteroatoms. The monoisotopic (exact) mass is 274 g/mol. The van der Waals surface area contributed by atoms with Gasteiger partial charge in [-0.05, 0) is 0 Å². The Kier molecular flexibility index (Phi) is 3.49. The minimum absolute atomic E-state index is 0.0145. The molecule has 0 aromatic carbocycles. The summed E-state index contributed by atoms with van der Waals surface area (Å²) in [5, 5.41) is 6.08. The van der Waals surface area contributed by atoms with Crippen molar-refractivity contribution in [2.45, 2.75) is 12.6 Å². The lowest BCUT2D eigenvalue weighted by Crippen LogP contribution is -2.14. The normalized spacial score (nSPS) is 11.5. The maximum absolute atomic E-state index is 12.5. The Hall–Kier alpha value is -2.39. The zero-order valence-corrected chi connectivity index (χ0v) is 9.48. The molecule has 3 N–H and O–H groups in total. The number of nitrogens with one attached hydrogen (secondary N) is 1. The first-order valence-corrected chi connectivity index (χ1v) is 5.16. The van der Waals surface area contributed by atoms with E-state index in [0.29, 0.717) is 12.3 Å². The predicted molar refractivity (Wildman–Crippen MR) is 57.9 cm³/mol. The van der Waals surface area contributed by atoms with Crippen molar-refractivity contribution in [3.05, 3.63) is 24.0 Å². The Morgan fingerprint density at radius 1 is 1.32 bits per heavy atom. The number of nitrogen functional groups attached to an aromatic ring is 1. The molecule has 0 aliphatic rings. The van der Waals surface area contributed by atoms with Crippen LogP contribution in [0.5, 0.6) is 0 Å². The van der Waals surface area contributed by atoms with Crippen molar-refractivity contribution in [2.75, 3.05) is 17.6 Å². The molecule has 19 heavy (non-hydrogen) atoms. The lowest BCUT2D eigenvalue weighted by Gasteiger charge is -2.09. The molecule has 7 nitrogen and oxygen atoms in total. The van der Waals surface area contributed by atoms with Crippen LogP contribution in [0.2, 0.25) is 0 Å². The second kappa shape index (κ2) is 5.08. The van der Waals surface area contributed by atoms with E-state index in [1.807, 2.05) is 0 Å². The molecule has 0 fully saturated rings. The third kappa shape index (κ3) is 3.53. The second-order valence-electron chi connectivity index (χ2n) is 3.51. The number of halogens is 3. The van der Waals surface area contributed by atoms with E-state index in [0.717, 1.165) is 6.07 Å². The first kappa shape index (κ1) is 13.1. The molecule has 0 spiro atoms. The number of hydrogen-bond donors (Lipinski definition) is 2. The van der Waals surface area contributed by atoms with Crippen molar-refractivity contribution in [1.82, 2.24) is 20.1 Å². The molecule has 0 aliphatic heterocycles. The molecule has 0 amide bonds. The number of anilines is 2. The summed E-state index contributed by atoms with van der Waals surface area (Å²) in [6.45, 7) is 0.274. The van der Waals surface area contributed by atoms with E-state index in [1.165, 1.54) is 6.33 Å². The minimum Gasteiger partial charge on any atom is -0.369 e. The molecule has 2 aromatic heterocycles. The molecule has 2 aromatic rings. The SMILES string of the molecule is Nc1nc(NCCc2ncno2)cc(C(F)(F)F)n1. The highest BCUT2D eigenvalue weighted by atomic mass is 19.4. The van der Waals surface area contributed by atoms with E-state index >= 15 is 0 Å². The minimum atomic E-state index is -4.57. The van der Waals surface area contributed by atoms with Crippen LogP contribution in [-0.4, -0.2) is 26.7 Å². The quantitative estimate of drug-likeness (QED) is 0.860. The number of aromatic nitrogens is 4. The highest BCUT2D eigenvalue weighted by Crippen LogP contribution is 2.29. The molecule has 0 atom stereocenters. The fourth-order valence-corrected chi connectivity index (χ4v) is 1.31. The third-order valence-corrected chi connectivity index (χ3v) is 2.09. The molecule has 0 saturated carbocycles. The summed E-state index contributed by atoms with van der Waals surface area (Å²) in [6.07, 6.45) is -2.98. The maximum Gasteiger partial charge on any atom is 0.433 e. The van der Waals surface area contributed by atoms with Gasteiger partial charge in [0.1, 0.15) is 5.82 Å². The van der Waals surface area contributed by atoms with Gasteiger partial charge in [-0.25, -0.2) is 4.98 Å². The Labute approximate surface area is 105 Å². The van der Waals surface area contributed by atoms with E-state index in [4.69, 9.17) is 10.3 Å². The number of nitrogens with zero attached hydrogens (tertiary/aromatic N) is 4. The summed E-state index contributed by atoms with van der Waals surface area (Å²) in [5.74, 6) is -0.0972. The first-order chi connectivity index (χ1) is 8.95. The van der Waals surface area contributed by atoms with E-state index in [2.05, 4.69) is 25.4 Å². The standard InChI is InChI=1S/C9H9F3N6O/c10-9(11,12)5-3-6(18-8(13)17-5)14-2-1-7-15-4-16-19-7/h3-4H,1-2H2,(H3,13,14,17,18). The number of nitrogens with two attached hydrogens (primary N) is 1. The van der Waals surface area contributed by atoms with Crippen molar-refractivity contribution in [1.29, 1.82) is 0 Å². The highest BCUT2D eigenvalue weighted by Gasteiger charge is 2.33. The molecule has 2 heterocycles. The van der Waals surface area contributed by atoms with Crippen LogP contribution in [0.25, 0.3) is 0 Å². The first-order valence-electron chi connectivity index (χ1n) is 5.16. The second-order valence-corrected chi connectivity index (χ2v) is 3.51. The largest absolute Gasteiger partial charge is 0.433 e. The van der Waals surface area contributed by atoms with Gasteiger partial charge in [-0.1, -0.05) is 5.16 Å². The van der Waals surface area contributed by atoms with Gasteiger partial charge in [0, 0.05) is 19.0 Å². The van der Waals surface area contributed by atoms with Gasteiger partial charge >= 0.3 is 6.18 Å². The van der Waals surface area contributed by atoms with Crippen molar-refractivity contribution < 1.29 is 17.7 Å². The van der Waals surface area contributed by atoms with Gasteiger partial charge in [-0.15, -0.1) is 0 Å². The van der Waals surface area contributed by atoms with E-state index in [-0.39, 0.29) is 12.4 Å². The summed E-state index contributed by atoms with van der Waals surface area (Å²) >= 11 is 0. The number of alkyl halides is 3. The molecule has 0 aliphatic carbocycles. The van der Waals surface area contributed by atoms with Crippen molar-refractivity contribution >= 4 is 11.8 Å². The van der Waals surface area contributed by atoms with Crippen LogP contribution >= 0.6 is 0 Å². The zero-order valence-electron chi connectivity index (χ0n) is 9.48. The smallest absolute Gasteiger partial charge is 0.369 e. The Balaban J connectivity index is 2.02. The van der Waals surface area contributed by atoms with E-state index in [1.54, 1.807) is 0 Å². The highest BCUT2D eigenvalue weighted by molar-refractivity contribution is 5.41. The predicted octanol–water partition coefficient (Wildman–Crippen LogP) is 1.12. The van der Waals surface area contributed by atoms with Crippen molar-refractivity contribution in [3.8, 4) is 0 Å². The van der Waals surface area contributed by atoms with Crippen LogP contribution in [0.15, 0.2) is 16.9 Å². The van der Waals surface area contributed by atoms with Gasteiger partial charge in [0.2, 0.25) is 11.8 Å². The molecule has 0 unspecified atom stereocenters. The summed E-state index contributed by atoms with van der Waals surface area (Å²) in [4.78, 5) is 10.5. The molecule has 102 valence electrons. The Morgan fingerprint density at radius 2 is 2.11 bits per heavy atom. The van der Waals surface area contributed by atoms with Crippen LogP contribution in [0.1, 0.15) is 11.6 Å². The van der Waals surface area contributed by atoms with Crippen LogP contribution < -0.4 is 11.1 Å². The average molecular weight is 274 g/mol. The van der Waals surface area contributed by atoms with Gasteiger partial charge in [-0.3, -0.25) is 0 Å². The van der Waals surface area contributed by atoms with Gasteiger partial charge in [0.15, 0.2) is 12.0 Å². The molecular weight excluding hydrogens is 265 g/mol. The molecule has 0 saturated heterocycles. The van der Waals surface area contributed by atoms with Gasteiger partial charge in [0.05, 0.1) is 0 Å². The molecule has 0 radical (unpaired) electrons. The van der Waals surface area contributed by atoms with Crippen molar-refractivity contribution in [2.24, 2.45) is 0 Å². The van der Waals surface area contributed by atoms with Crippen LogP contribution in [0.3, 0.4) is 0 Å². The van der Waals surface area contributed by atoms with Gasteiger partial charge in [0.25, 0.3) is 0 Å². The maximum atomic E-state index is 12.5. The van der Waals surface area contributed by atoms with E-state index in [9.17, 15) is 13.2 Å². The Morgan fingerprint density at radius 3 is 2.74 bits per heavy atom. The topological polar surface area (TPSA) is 103 Å². The molecule has 0 bridgehead atoms. The fourth-order valence-electron chi connectivity index (χ4n) is 1.31. The molecule has 2 rings (SSSR count). The van der Waals surface area contributed by atoms with Gasteiger partial charge < -0.3 is 15.6 Å². The number of rotatable bonds is 4. The molecular formula is C9H9F3N6O. The summed E-state index contributed by atoms with van der Waals surface area (Å²) < 4.78 is 42.2. The lowest BCUT2D eigenvalue weighted by molar-refractivity contribution is -0.141. The van der Waals surface area contributed by atoms with Crippen LogP contribution in [0, 0.1) is 0 Å². The fraction of sp³-hybridized carbons (Fsp3) is 0.333. The third-order valence-electron chi connectivity index (χ3n) is 2.09. The Bertz CT molecular complexity index is 541. The lowest BCUT2D eigenvalue weighted by atomic mass is 10.3. The average Bonchev–Trinajstić information content (AvgIpc) is 2.80. The van der Waals surface area contributed by atoms with Crippen LogP contribution in [0.4, 0.5) is 24.9 Å². The summed E-state index contributed by atoms with van der Waals surface area (Å²) in [6, 6.07) is 0.782. The van der Waals surface area contributed by atoms with E-state index < -0.39 is 17.8 Å². The summed E-state index contributed by atoms with van der Waals surface area (Å²) in [7, 11) is 0. The van der Waals surface area contributed by atoms with Gasteiger partial charge in [-0.2, -0.15) is 23.1 Å². The number of hydrogen-bond acceptors (Lipinski definition) is 7.